The second-order valence-corrected chi connectivity index (χ2v) is 4.42. The minimum absolute atomic E-state index is 0.273. The third-order valence-electron chi connectivity index (χ3n) is 2.46. The third-order valence-corrected chi connectivity index (χ3v) is 2.67. The second-order valence-electron chi connectivity index (χ2n) is 3.98. The maximum atomic E-state index is 5.50. The van der Waals surface area contributed by atoms with Crippen LogP contribution in [-0.4, -0.2) is 15.5 Å². The van der Waals surface area contributed by atoms with Gasteiger partial charge in [0.1, 0.15) is 4.99 Å². The van der Waals surface area contributed by atoms with Crippen LogP contribution in [-0.2, 0) is 0 Å². The van der Waals surface area contributed by atoms with Crippen LogP contribution in [0.15, 0.2) is 18.3 Å². The standard InChI is InChI=1S/C10H13N3S/c1-10(3-4-10)13-7-2-5-12-8(6-7)9(11)14/h2,5-6H,3-4H2,1H3,(H2,11,14)(H,12,13). The summed E-state index contributed by atoms with van der Waals surface area (Å²) >= 11 is 4.87. The Morgan fingerprint density at radius 1 is 1.64 bits per heavy atom. The maximum Gasteiger partial charge on any atom is 0.122 e. The summed E-state index contributed by atoms with van der Waals surface area (Å²) in [6.45, 7) is 2.20. The Hall–Kier alpha value is -1.16. The van der Waals surface area contributed by atoms with Crippen molar-refractivity contribution in [3.8, 4) is 0 Å². The topological polar surface area (TPSA) is 50.9 Å². The van der Waals surface area contributed by atoms with Crippen molar-refractivity contribution in [2.45, 2.75) is 25.3 Å². The molecule has 1 saturated carbocycles. The van der Waals surface area contributed by atoms with Crippen LogP contribution in [0.2, 0.25) is 0 Å². The molecule has 0 aliphatic heterocycles. The molecule has 1 aliphatic carbocycles. The lowest BCUT2D eigenvalue weighted by Crippen LogP contribution is -2.17. The van der Waals surface area contributed by atoms with E-state index in [1.807, 2.05) is 12.1 Å². The number of nitrogens with two attached hydrogens (primary N) is 1. The summed E-state index contributed by atoms with van der Waals surface area (Å²) in [5, 5.41) is 3.43. The van der Waals surface area contributed by atoms with Crippen molar-refractivity contribution < 1.29 is 0 Å². The van der Waals surface area contributed by atoms with Gasteiger partial charge in [0, 0.05) is 17.4 Å². The lowest BCUT2D eigenvalue weighted by atomic mass is 10.2. The average molecular weight is 207 g/mol. The van der Waals surface area contributed by atoms with E-state index in [0.717, 1.165) is 5.69 Å². The molecular formula is C10H13N3S. The van der Waals surface area contributed by atoms with E-state index in [9.17, 15) is 0 Å². The Labute approximate surface area is 88.7 Å². The smallest absolute Gasteiger partial charge is 0.122 e. The number of hydrogen-bond acceptors (Lipinski definition) is 3. The van der Waals surface area contributed by atoms with Gasteiger partial charge in [0.25, 0.3) is 0 Å². The van der Waals surface area contributed by atoms with Crippen LogP contribution in [0.5, 0.6) is 0 Å². The van der Waals surface area contributed by atoms with Gasteiger partial charge in [-0.15, -0.1) is 0 Å². The van der Waals surface area contributed by atoms with Gasteiger partial charge >= 0.3 is 0 Å². The summed E-state index contributed by atoms with van der Waals surface area (Å²) in [6, 6.07) is 3.83. The third kappa shape index (κ3) is 2.01. The molecule has 0 saturated heterocycles. The van der Waals surface area contributed by atoms with Gasteiger partial charge in [-0.1, -0.05) is 12.2 Å². The van der Waals surface area contributed by atoms with Crippen molar-refractivity contribution in [1.29, 1.82) is 0 Å². The highest BCUT2D eigenvalue weighted by Gasteiger charge is 2.36. The molecule has 1 aromatic rings. The molecule has 0 amide bonds. The summed E-state index contributed by atoms with van der Waals surface area (Å²) < 4.78 is 0. The highest BCUT2D eigenvalue weighted by molar-refractivity contribution is 7.80. The number of nitrogens with one attached hydrogen (secondary N) is 1. The largest absolute Gasteiger partial charge is 0.388 e. The summed E-state index contributed by atoms with van der Waals surface area (Å²) in [5.41, 5.74) is 7.50. The SMILES string of the molecule is CC1(Nc2ccnc(C(N)=S)c2)CC1. The van der Waals surface area contributed by atoms with Crippen molar-refractivity contribution in [3.63, 3.8) is 0 Å². The minimum atomic E-state index is 0.273. The van der Waals surface area contributed by atoms with Crippen molar-refractivity contribution in [1.82, 2.24) is 4.98 Å². The van der Waals surface area contributed by atoms with Crippen LogP contribution in [0.1, 0.15) is 25.5 Å². The molecule has 1 aromatic heterocycles. The zero-order valence-corrected chi connectivity index (χ0v) is 8.90. The molecule has 0 radical (unpaired) electrons. The van der Waals surface area contributed by atoms with Gasteiger partial charge < -0.3 is 11.1 Å². The number of pyridine rings is 1. The van der Waals surface area contributed by atoms with Gasteiger partial charge in [-0.3, -0.25) is 4.98 Å². The van der Waals surface area contributed by atoms with E-state index in [-0.39, 0.29) is 5.54 Å². The van der Waals surface area contributed by atoms with Crippen molar-refractivity contribution >= 4 is 22.9 Å². The Kier molecular flexibility index (Phi) is 2.15. The predicted molar refractivity (Wildman–Crippen MR) is 61.4 cm³/mol. The number of hydrogen-bond donors (Lipinski definition) is 2. The van der Waals surface area contributed by atoms with Crippen LogP contribution in [0.4, 0.5) is 5.69 Å². The lowest BCUT2D eigenvalue weighted by molar-refractivity contribution is 0.829. The second kappa shape index (κ2) is 3.20. The van der Waals surface area contributed by atoms with E-state index in [1.165, 1.54) is 12.8 Å². The Balaban J connectivity index is 2.17. The summed E-state index contributed by atoms with van der Waals surface area (Å²) in [4.78, 5) is 4.43. The minimum Gasteiger partial charge on any atom is -0.388 e. The first-order valence-corrected chi connectivity index (χ1v) is 5.04. The molecule has 3 nitrogen and oxygen atoms in total. The van der Waals surface area contributed by atoms with Crippen LogP contribution in [0.25, 0.3) is 0 Å². The zero-order valence-electron chi connectivity index (χ0n) is 8.08. The lowest BCUT2D eigenvalue weighted by Gasteiger charge is -2.13. The molecule has 0 bridgehead atoms. The molecule has 3 N–H and O–H groups in total. The van der Waals surface area contributed by atoms with E-state index in [0.29, 0.717) is 10.7 Å². The molecule has 1 heterocycles. The Morgan fingerprint density at radius 2 is 2.36 bits per heavy atom. The summed E-state index contributed by atoms with van der Waals surface area (Å²) in [7, 11) is 0. The zero-order chi connectivity index (χ0) is 10.2. The Bertz CT molecular complexity index is 371. The van der Waals surface area contributed by atoms with Gasteiger partial charge in [0.05, 0.1) is 5.69 Å². The Morgan fingerprint density at radius 3 is 2.93 bits per heavy atom. The van der Waals surface area contributed by atoms with E-state index in [1.54, 1.807) is 6.20 Å². The highest BCUT2D eigenvalue weighted by Crippen LogP contribution is 2.37. The normalized spacial score (nSPS) is 17.5. The van der Waals surface area contributed by atoms with Crippen LogP contribution in [0, 0.1) is 0 Å². The molecule has 74 valence electrons. The van der Waals surface area contributed by atoms with Gasteiger partial charge in [-0.2, -0.15) is 0 Å². The summed E-state index contributed by atoms with van der Waals surface area (Å²) in [6.07, 6.45) is 4.16. The number of thiocarbonyl (C=S) groups is 1. The molecule has 1 aliphatic rings. The fourth-order valence-electron chi connectivity index (χ4n) is 1.30. The molecular weight excluding hydrogens is 194 g/mol. The molecule has 14 heavy (non-hydrogen) atoms. The molecule has 0 unspecified atom stereocenters. The monoisotopic (exact) mass is 207 g/mol. The van der Waals surface area contributed by atoms with Crippen LogP contribution in [0.3, 0.4) is 0 Å². The molecule has 1 fully saturated rings. The molecule has 4 heteroatoms. The predicted octanol–water partition coefficient (Wildman–Crippen LogP) is 1.68. The van der Waals surface area contributed by atoms with E-state index >= 15 is 0 Å². The van der Waals surface area contributed by atoms with Gasteiger partial charge in [-0.25, -0.2) is 0 Å². The van der Waals surface area contributed by atoms with Crippen molar-refractivity contribution in [2.24, 2.45) is 5.73 Å². The van der Waals surface area contributed by atoms with Gasteiger partial charge in [-0.05, 0) is 31.9 Å². The van der Waals surface area contributed by atoms with E-state index in [2.05, 4.69) is 17.2 Å². The first-order chi connectivity index (χ1) is 6.59. The fraction of sp³-hybridized carbons (Fsp3) is 0.400. The average Bonchev–Trinajstić information content (AvgIpc) is 2.83. The van der Waals surface area contributed by atoms with Gasteiger partial charge in [0.2, 0.25) is 0 Å². The molecule has 0 spiro atoms. The van der Waals surface area contributed by atoms with E-state index < -0.39 is 0 Å². The first kappa shape index (κ1) is 9.40. The van der Waals surface area contributed by atoms with Crippen molar-refractivity contribution in [2.75, 3.05) is 5.32 Å². The van der Waals surface area contributed by atoms with E-state index in [4.69, 9.17) is 18.0 Å². The number of aromatic nitrogens is 1. The number of nitrogens with zero attached hydrogens (tertiary/aromatic N) is 1. The first-order valence-electron chi connectivity index (χ1n) is 4.63. The molecule has 0 aromatic carbocycles. The fourth-order valence-corrected chi connectivity index (χ4v) is 1.42. The van der Waals surface area contributed by atoms with Crippen LogP contribution < -0.4 is 11.1 Å². The number of anilines is 1. The van der Waals surface area contributed by atoms with Crippen molar-refractivity contribution in [3.05, 3.63) is 24.0 Å². The maximum absolute atomic E-state index is 5.50. The molecule has 2 rings (SSSR count). The highest BCUT2D eigenvalue weighted by atomic mass is 32.1. The summed E-state index contributed by atoms with van der Waals surface area (Å²) in [5.74, 6) is 0. The number of rotatable bonds is 3. The quantitative estimate of drug-likeness (QED) is 0.740. The van der Waals surface area contributed by atoms with Gasteiger partial charge in [0.15, 0.2) is 0 Å². The molecule has 0 atom stereocenters. The van der Waals surface area contributed by atoms with Crippen LogP contribution >= 0.6 is 12.2 Å².